The average Bonchev–Trinajstić information content (AvgIpc) is 3.06. The number of ether oxygens (including phenoxy) is 1. The second kappa shape index (κ2) is 6.88. The molecule has 134 valence electrons. The van der Waals surface area contributed by atoms with Crippen molar-refractivity contribution < 1.29 is 14.3 Å². The summed E-state index contributed by atoms with van der Waals surface area (Å²) in [6.07, 6.45) is 0.576. The van der Waals surface area contributed by atoms with Crippen LogP contribution in [0.25, 0.3) is 0 Å². The predicted octanol–water partition coefficient (Wildman–Crippen LogP) is 2.43. The number of carbonyl (C=O) groups is 2. The number of hydrogen-bond donors (Lipinski definition) is 2. The number of nitrogens with zero attached hydrogens (tertiary/aromatic N) is 1. The van der Waals surface area contributed by atoms with Crippen LogP contribution in [-0.2, 0) is 9.59 Å². The largest absolute Gasteiger partial charge is 0.484 e. The summed E-state index contributed by atoms with van der Waals surface area (Å²) < 4.78 is 5.47. The fraction of sp³-hybridized carbons (Fsp3) is 0.263. The summed E-state index contributed by atoms with van der Waals surface area (Å²) in [7, 11) is 0. The van der Waals surface area contributed by atoms with E-state index in [9.17, 15) is 9.59 Å². The summed E-state index contributed by atoms with van der Waals surface area (Å²) >= 11 is 5.82. The molecular formula is C19H18ClN3O3. The molecule has 2 atom stereocenters. The zero-order valence-electron chi connectivity index (χ0n) is 13.9. The summed E-state index contributed by atoms with van der Waals surface area (Å²) in [5.41, 5.74) is 1.80. The third kappa shape index (κ3) is 3.32. The Balaban J connectivity index is 1.36. The fourth-order valence-corrected chi connectivity index (χ4v) is 3.58. The van der Waals surface area contributed by atoms with Gasteiger partial charge in [0.25, 0.3) is 5.91 Å². The quantitative estimate of drug-likeness (QED) is 0.866. The molecule has 2 aliphatic rings. The number of halogens is 1. The maximum absolute atomic E-state index is 12.3. The maximum atomic E-state index is 12.3. The van der Waals surface area contributed by atoms with Gasteiger partial charge >= 0.3 is 0 Å². The van der Waals surface area contributed by atoms with Crippen molar-refractivity contribution >= 4 is 34.8 Å². The number of nitrogens with one attached hydrogen (secondary N) is 2. The Labute approximate surface area is 156 Å². The lowest BCUT2D eigenvalue weighted by Crippen LogP contribution is -2.44. The Morgan fingerprint density at radius 2 is 2.00 bits per heavy atom. The number of hydrogen-bond acceptors (Lipinski definition) is 4. The molecular weight excluding hydrogens is 354 g/mol. The van der Waals surface area contributed by atoms with Crippen molar-refractivity contribution in [3.63, 3.8) is 0 Å². The van der Waals surface area contributed by atoms with Crippen LogP contribution in [0.5, 0.6) is 5.75 Å². The molecule has 1 saturated heterocycles. The van der Waals surface area contributed by atoms with Crippen LogP contribution in [0.4, 0.5) is 11.4 Å². The molecule has 6 nitrogen and oxygen atoms in total. The normalized spacial score (nSPS) is 20.8. The summed E-state index contributed by atoms with van der Waals surface area (Å²) in [5.74, 6) is 0.345. The Morgan fingerprint density at radius 1 is 1.23 bits per heavy atom. The number of para-hydroxylation sites is 2. The second-order valence-corrected chi connectivity index (χ2v) is 6.85. The molecule has 2 unspecified atom stereocenters. The van der Waals surface area contributed by atoms with Gasteiger partial charge in [-0.25, -0.2) is 0 Å². The minimum atomic E-state index is -0.257. The number of benzene rings is 2. The third-order valence-electron chi connectivity index (χ3n) is 4.62. The van der Waals surface area contributed by atoms with E-state index in [0.29, 0.717) is 23.7 Å². The summed E-state index contributed by atoms with van der Waals surface area (Å²) in [5, 5.41) is 6.50. The zero-order valence-corrected chi connectivity index (χ0v) is 14.7. The Hall–Kier alpha value is -2.73. The van der Waals surface area contributed by atoms with Crippen LogP contribution in [0, 0.1) is 0 Å². The molecule has 4 rings (SSSR count). The summed E-state index contributed by atoms with van der Waals surface area (Å²) in [6, 6.07) is 14.2. The average molecular weight is 372 g/mol. The van der Waals surface area contributed by atoms with Gasteiger partial charge in [0.2, 0.25) is 5.91 Å². The first-order chi connectivity index (χ1) is 12.6. The topological polar surface area (TPSA) is 70.7 Å². The number of carbonyl (C=O) groups excluding carboxylic acids is 2. The van der Waals surface area contributed by atoms with Gasteiger partial charge in [-0.1, -0.05) is 23.7 Å². The van der Waals surface area contributed by atoms with E-state index in [4.69, 9.17) is 16.3 Å². The van der Waals surface area contributed by atoms with E-state index in [-0.39, 0.29) is 30.5 Å². The predicted molar refractivity (Wildman–Crippen MR) is 99.7 cm³/mol. The third-order valence-corrected chi connectivity index (χ3v) is 4.88. The van der Waals surface area contributed by atoms with Crippen molar-refractivity contribution in [1.82, 2.24) is 5.32 Å². The molecule has 2 aliphatic heterocycles. The van der Waals surface area contributed by atoms with Crippen molar-refractivity contribution in [2.45, 2.75) is 18.5 Å². The van der Waals surface area contributed by atoms with Gasteiger partial charge in [-0.2, -0.15) is 0 Å². The lowest BCUT2D eigenvalue weighted by Gasteiger charge is -2.32. The molecule has 2 N–H and O–H groups in total. The van der Waals surface area contributed by atoms with E-state index < -0.39 is 0 Å². The van der Waals surface area contributed by atoms with Gasteiger partial charge < -0.3 is 20.3 Å². The molecule has 2 aromatic carbocycles. The van der Waals surface area contributed by atoms with E-state index in [1.807, 2.05) is 24.3 Å². The minimum Gasteiger partial charge on any atom is -0.484 e. The Bertz CT molecular complexity index is 840. The fourth-order valence-electron chi connectivity index (χ4n) is 3.45. The molecule has 0 radical (unpaired) electrons. The number of fused-ring (bicyclic) bond motifs is 3. The molecule has 2 heterocycles. The van der Waals surface area contributed by atoms with Crippen LogP contribution in [0.2, 0.25) is 5.02 Å². The molecule has 0 saturated carbocycles. The van der Waals surface area contributed by atoms with Crippen molar-refractivity contribution in [3.8, 4) is 5.75 Å². The van der Waals surface area contributed by atoms with Crippen LogP contribution in [0.3, 0.4) is 0 Å². The monoisotopic (exact) mass is 371 g/mol. The highest BCUT2D eigenvalue weighted by Gasteiger charge is 2.41. The molecule has 0 bridgehead atoms. The van der Waals surface area contributed by atoms with E-state index in [0.717, 1.165) is 11.4 Å². The standard InChI is InChI=1S/C19H18ClN3O3/c20-12-5-7-14(8-6-12)26-11-18(24)21-13-9-17-19(25)22-15-3-1-2-4-16(15)23(17)10-13/h1-8,13,17H,9-11H2,(H,21,24)(H,22,25). The zero-order chi connectivity index (χ0) is 18.1. The lowest BCUT2D eigenvalue weighted by molar-refractivity contribution is -0.124. The van der Waals surface area contributed by atoms with Crippen LogP contribution in [0.15, 0.2) is 48.5 Å². The first-order valence-corrected chi connectivity index (χ1v) is 8.82. The Kier molecular flexibility index (Phi) is 4.42. The highest BCUT2D eigenvalue weighted by atomic mass is 35.5. The molecule has 0 spiro atoms. The number of rotatable bonds is 4. The first kappa shape index (κ1) is 16.7. The van der Waals surface area contributed by atoms with Crippen molar-refractivity contribution in [3.05, 3.63) is 53.6 Å². The van der Waals surface area contributed by atoms with Gasteiger partial charge in [0.05, 0.1) is 11.4 Å². The molecule has 2 amide bonds. The number of amides is 2. The SMILES string of the molecule is O=C(COc1ccc(Cl)cc1)NC1CC2C(=O)Nc3ccccc3N2C1. The van der Waals surface area contributed by atoms with Gasteiger partial charge in [-0.05, 0) is 42.8 Å². The molecule has 1 fully saturated rings. The second-order valence-electron chi connectivity index (χ2n) is 6.42. The van der Waals surface area contributed by atoms with Crippen LogP contribution in [0.1, 0.15) is 6.42 Å². The molecule has 26 heavy (non-hydrogen) atoms. The minimum absolute atomic E-state index is 0.0298. The van der Waals surface area contributed by atoms with E-state index >= 15 is 0 Å². The van der Waals surface area contributed by atoms with Crippen molar-refractivity contribution in [1.29, 1.82) is 0 Å². The van der Waals surface area contributed by atoms with Gasteiger partial charge in [-0.3, -0.25) is 9.59 Å². The van der Waals surface area contributed by atoms with Gasteiger partial charge in [-0.15, -0.1) is 0 Å². The molecule has 2 aromatic rings. The van der Waals surface area contributed by atoms with Gasteiger partial charge in [0, 0.05) is 17.6 Å². The lowest BCUT2D eigenvalue weighted by atomic mass is 10.1. The van der Waals surface area contributed by atoms with Crippen molar-refractivity contribution in [2.75, 3.05) is 23.4 Å². The smallest absolute Gasteiger partial charge is 0.258 e. The first-order valence-electron chi connectivity index (χ1n) is 8.44. The van der Waals surface area contributed by atoms with Crippen LogP contribution >= 0.6 is 11.6 Å². The Morgan fingerprint density at radius 3 is 2.81 bits per heavy atom. The van der Waals surface area contributed by atoms with E-state index in [2.05, 4.69) is 15.5 Å². The summed E-state index contributed by atoms with van der Waals surface area (Å²) in [4.78, 5) is 26.6. The number of anilines is 2. The molecule has 0 aromatic heterocycles. The molecule has 0 aliphatic carbocycles. The van der Waals surface area contributed by atoms with Gasteiger partial charge in [0.15, 0.2) is 6.61 Å². The highest BCUT2D eigenvalue weighted by Crippen LogP contribution is 2.36. The highest BCUT2D eigenvalue weighted by molar-refractivity contribution is 6.30. The van der Waals surface area contributed by atoms with E-state index in [1.54, 1.807) is 24.3 Å². The van der Waals surface area contributed by atoms with E-state index in [1.165, 1.54) is 0 Å². The van der Waals surface area contributed by atoms with Gasteiger partial charge in [0.1, 0.15) is 11.8 Å². The van der Waals surface area contributed by atoms with Crippen LogP contribution in [-0.4, -0.2) is 37.0 Å². The molecule has 7 heteroatoms. The summed E-state index contributed by atoms with van der Waals surface area (Å²) in [6.45, 7) is 0.521. The maximum Gasteiger partial charge on any atom is 0.258 e. The van der Waals surface area contributed by atoms with Crippen LogP contribution < -0.4 is 20.3 Å². The van der Waals surface area contributed by atoms with Crippen molar-refractivity contribution in [2.24, 2.45) is 0 Å².